The summed E-state index contributed by atoms with van der Waals surface area (Å²) in [5.41, 5.74) is 3.31. The molecule has 0 aliphatic heterocycles. The van der Waals surface area contributed by atoms with Crippen molar-refractivity contribution < 1.29 is 12.8 Å². The van der Waals surface area contributed by atoms with Gasteiger partial charge >= 0.3 is 0 Å². The van der Waals surface area contributed by atoms with Crippen LogP contribution in [0, 0.1) is 0 Å². The van der Waals surface area contributed by atoms with Crippen molar-refractivity contribution in [2.45, 2.75) is 32.2 Å². The summed E-state index contributed by atoms with van der Waals surface area (Å²) in [6.45, 7) is 4.15. The number of hydrogen-bond acceptors (Lipinski definition) is 5. The summed E-state index contributed by atoms with van der Waals surface area (Å²) >= 11 is 0. The number of aromatic nitrogens is 1. The molecule has 0 amide bonds. The molecule has 3 rings (SSSR count). The fraction of sp³-hybridized carbons (Fsp3) is 0.278. The molecule has 0 saturated heterocycles. The largest absolute Gasteiger partial charge is 0.424 e. The zero-order chi connectivity index (χ0) is 17.9. The Morgan fingerprint density at radius 3 is 2.40 bits per heavy atom. The van der Waals surface area contributed by atoms with Crippen molar-refractivity contribution >= 4 is 27.1 Å². The van der Waals surface area contributed by atoms with Crippen LogP contribution in [0.1, 0.15) is 25.0 Å². The number of rotatable bonds is 7. The molecule has 7 heteroatoms. The van der Waals surface area contributed by atoms with Crippen molar-refractivity contribution in [1.29, 1.82) is 0 Å². The molecule has 1 heterocycles. The number of nitrogens with zero attached hydrogens (tertiary/aromatic N) is 1. The van der Waals surface area contributed by atoms with E-state index < -0.39 is 10.0 Å². The molecule has 0 aliphatic carbocycles. The fourth-order valence-electron chi connectivity index (χ4n) is 2.50. The third-order valence-electron chi connectivity index (χ3n) is 3.53. The van der Waals surface area contributed by atoms with Crippen molar-refractivity contribution in [3.05, 3.63) is 59.7 Å². The Morgan fingerprint density at radius 1 is 1.04 bits per heavy atom. The summed E-state index contributed by atoms with van der Waals surface area (Å²) in [4.78, 5) is 4.36. The third-order valence-corrected chi connectivity index (χ3v) is 5.08. The van der Waals surface area contributed by atoms with E-state index in [9.17, 15) is 8.42 Å². The zero-order valence-corrected chi connectivity index (χ0v) is 15.0. The Morgan fingerprint density at radius 2 is 1.72 bits per heavy atom. The van der Waals surface area contributed by atoms with E-state index in [-0.39, 0.29) is 11.8 Å². The van der Waals surface area contributed by atoms with Gasteiger partial charge in [-0.15, -0.1) is 0 Å². The van der Waals surface area contributed by atoms with Crippen LogP contribution in [-0.2, 0) is 22.3 Å². The van der Waals surface area contributed by atoms with E-state index in [4.69, 9.17) is 4.42 Å². The Hall–Kier alpha value is -2.38. The van der Waals surface area contributed by atoms with Crippen molar-refractivity contribution in [2.75, 3.05) is 5.32 Å². The summed E-state index contributed by atoms with van der Waals surface area (Å²) in [7, 11) is -3.31. The summed E-state index contributed by atoms with van der Waals surface area (Å²) < 4.78 is 32.1. The van der Waals surface area contributed by atoms with E-state index in [0.717, 1.165) is 22.2 Å². The Labute approximate surface area is 147 Å². The second-order valence-electron chi connectivity index (χ2n) is 6.19. The molecule has 0 atom stereocenters. The first-order valence-corrected chi connectivity index (χ1v) is 9.74. The van der Waals surface area contributed by atoms with Gasteiger partial charge in [0.1, 0.15) is 5.52 Å². The number of anilines is 1. The number of hydrogen-bond donors (Lipinski definition) is 2. The Bertz CT molecular complexity index is 914. The number of para-hydroxylation sites is 2. The van der Waals surface area contributed by atoms with Gasteiger partial charge in [0, 0.05) is 12.6 Å². The van der Waals surface area contributed by atoms with Gasteiger partial charge in [0.2, 0.25) is 10.0 Å². The summed E-state index contributed by atoms with van der Waals surface area (Å²) in [5.74, 6) is -0.0238. The predicted molar refractivity (Wildman–Crippen MR) is 98.7 cm³/mol. The van der Waals surface area contributed by atoms with Crippen molar-refractivity contribution in [3.63, 3.8) is 0 Å². The predicted octanol–water partition coefficient (Wildman–Crippen LogP) is 3.27. The van der Waals surface area contributed by atoms with Crippen LogP contribution in [0.4, 0.5) is 6.01 Å². The second kappa shape index (κ2) is 7.25. The minimum Gasteiger partial charge on any atom is -0.424 e. The molecule has 6 nitrogen and oxygen atoms in total. The standard InChI is InChI=1S/C18H21N3O3S/c1-13(2)21-25(22,23)12-15-9-7-14(8-10-15)11-19-18-20-16-5-3-4-6-17(16)24-18/h3-10,13,21H,11-12H2,1-2H3,(H,19,20). The normalized spacial score (nSPS) is 12.0. The second-order valence-corrected chi connectivity index (χ2v) is 7.94. The molecule has 0 fully saturated rings. The molecule has 1 aromatic heterocycles. The summed E-state index contributed by atoms with van der Waals surface area (Å²) in [6, 6.07) is 15.4. The first-order valence-electron chi connectivity index (χ1n) is 8.08. The van der Waals surface area contributed by atoms with Gasteiger partial charge in [-0.3, -0.25) is 0 Å². The van der Waals surface area contributed by atoms with Crippen LogP contribution in [0.3, 0.4) is 0 Å². The van der Waals surface area contributed by atoms with Gasteiger partial charge < -0.3 is 9.73 Å². The lowest BCUT2D eigenvalue weighted by atomic mass is 10.1. The molecular formula is C18H21N3O3S. The van der Waals surface area contributed by atoms with Crippen LogP contribution >= 0.6 is 0 Å². The van der Waals surface area contributed by atoms with Gasteiger partial charge in [-0.1, -0.05) is 36.4 Å². The molecule has 0 radical (unpaired) electrons. The van der Waals surface area contributed by atoms with E-state index in [1.807, 2.05) is 48.5 Å². The first kappa shape index (κ1) is 17.4. The van der Waals surface area contributed by atoms with Crippen molar-refractivity contribution in [3.8, 4) is 0 Å². The van der Waals surface area contributed by atoms with E-state index in [1.54, 1.807) is 13.8 Å². The van der Waals surface area contributed by atoms with Gasteiger partial charge in [0.15, 0.2) is 5.58 Å². The molecule has 0 bridgehead atoms. The van der Waals surface area contributed by atoms with Crippen LogP contribution in [0.5, 0.6) is 0 Å². The fourth-order valence-corrected chi connectivity index (χ4v) is 3.93. The van der Waals surface area contributed by atoms with Crippen LogP contribution in [0.15, 0.2) is 52.9 Å². The maximum atomic E-state index is 11.9. The Balaban J connectivity index is 1.60. The molecule has 3 aromatic rings. The lowest BCUT2D eigenvalue weighted by molar-refractivity contribution is 0.569. The highest BCUT2D eigenvalue weighted by Crippen LogP contribution is 2.18. The van der Waals surface area contributed by atoms with Gasteiger partial charge in [0.25, 0.3) is 6.01 Å². The average molecular weight is 359 g/mol. The topological polar surface area (TPSA) is 84.2 Å². The SMILES string of the molecule is CC(C)NS(=O)(=O)Cc1ccc(CNc2nc3ccccc3o2)cc1. The van der Waals surface area contributed by atoms with Crippen LogP contribution in [0.2, 0.25) is 0 Å². The maximum Gasteiger partial charge on any atom is 0.295 e. The number of nitrogens with one attached hydrogen (secondary N) is 2. The zero-order valence-electron chi connectivity index (χ0n) is 14.2. The lowest BCUT2D eigenvalue weighted by Gasteiger charge is -2.10. The van der Waals surface area contributed by atoms with Gasteiger partial charge in [-0.05, 0) is 37.1 Å². The molecular weight excluding hydrogens is 338 g/mol. The molecule has 132 valence electrons. The number of sulfonamides is 1. The summed E-state index contributed by atoms with van der Waals surface area (Å²) in [6.07, 6.45) is 0. The van der Waals surface area contributed by atoms with Gasteiger partial charge in [0.05, 0.1) is 5.75 Å². The maximum absolute atomic E-state index is 11.9. The third kappa shape index (κ3) is 4.80. The van der Waals surface area contributed by atoms with E-state index in [1.165, 1.54) is 0 Å². The van der Waals surface area contributed by atoms with Gasteiger partial charge in [-0.25, -0.2) is 13.1 Å². The molecule has 0 spiro atoms. The van der Waals surface area contributed by atoms with Crippen molar-refractivity contribution in [2.24, 2.45) is 0 Å². The molecule has 0 unspecified atom stereocenters. The van der Waals surface area contributed by atoms with Crippen LogP contribution in [-0.4, -0.2) is 19.4 Å². The highest BCUT2D eigenvalue weighted by Gasteiger charge is 2.12. The van der Waals surface area contributed by atoms with Crippen LogP contribution < -0.4 is 10.0 Å². The molecule has 0 saturated carbocycles. The average Bonchev–Trinajstić information content (AvgIpc) is 2.95. The molecule has 2 aromatic carbocycles. The number of oxazole rings is 1. The van der Waals surface area contributed by atoms with Gasteiger partial charge in [-0.2, -0.15) is 4.98 Å². The molecule has 2 N–H and O–H groups in total. The highest BCUT2D eigenvalue weighted by atomic mass is 32.2. The first-order chi connectivity index (χ1) is 11.9. The minimum atomic E-state index is -3.31. The highest BCUT2D eigenvalue weighted by molar-refractivity contribution is 7.88. The van der Waals surface area contributed by atoms with E-state index in [0.29, 0.717) is 12.6 Å². The number of benzene rings is 2. The molecule has 25 heavy (non-hydrogen) atoms. The molecule has 0 aliphatic rings. The Kier molecular flexibility index (Phi) is 5.06. The smallest absolute Gasteiger partial charge is 0.295 e. The summed E-state index contributed by atoms with van der Waals surface area (Å²) in [5, 5.41) is 3.14. The minimum absolute atomic E-state index is 0.0238. The quantitative estimate of drug-likeness (QED) is 0.676. The van der Waals surface area contributed by atoms with E-state index >= 15 is 0 Å². The van der Waals surface area contributed by atoms with E-state index in [2.05, 4.69) is 15.0 Å². The lowest BCUT2D eigenvalue weighted by Crippen LogP contribution is -2.31. The number of fused-ring (bicyclic) bond motifs is 1. The van der Waals surface area contributed by atoms with Crippen LogP contribution in [0.25, 0.3) is 11.1 Å². The monoisotopic (exact) mass is 359 g/mol. The van der Waals surface area contributed by atoms with Crippen molar-refractivity contribution in [1.82, 2.24) is 9.71 Å².